The molecule has 21 heavy (non-hydrogen) atoms. The van der Waals surface area contributed by atoms with Crippen LogP contribution in [-0.2, 0) is 11.2 Å². The zero-order chi connectivity index (χ0) is 14.7. The van der Waals surface area contributed by atoms with E-state index in [1.54, 1.807) is 18.4 Å². The number of hydrogen-bond donors (Lipinski definition) is 0. The third-order valence-corrected chi connectivity index (χ3v) is 4.77. The van der Waals surface area contributed by atoms with E-state index < -0.39 is 0 Å². The van der Waals surface area contributed by atoms with Crippen LogP contribution in [0.25, 0.3) is 0 Å². The van der Waals surface area contributed by atoms with Crippen molar-refractivity contribution in [2.75, 3.05) is 38.3 Å². The summed E-state index contributed by atoms with van der Waals surface area (Å²) in [6.45, 7) is 5.63. The third kappa shape index (κ3) is 3.36. The van der Waals surface area contributed by atoms with Crippen LogP contribution < -0.4 is 9.64 Å². The molecule has 1 aliphatic rings. The minimum Gasteiger partial charge on any atom is -0.497 e. The van der Waals surface area contributed by atoms with Crippen LogP contribution in [0.1, 0.15) is 16.1 Å². The number of ether oxygens (including phenoxy) is 2. The molecule has 0 spiro atoms. The van der Waals surface area contributed by atoms with E-state index in [2.05, 4.69) is 24.0 Å². The molecule has 1 fully saturated rings. The van der Waals surface area contributed by atoms with Crippen LogP contribution in [-0.4, -0.2) is 38.4 Å². The monoisotopic (exact) mass is 304 g/mol. The highest BCUT2D eigenvalue weighted by Gasteiger charge is 2.16. The van der Waals surface area contributed by atoms with Crippen molar-refractivity contribution in [1.82, 2.24) is 4.98 Å². The van der Waals surface area contributed by atoms with Crippen LogP contribution in [0, 0.1) is 6.92 Å². The summed E-state index contributed by atoms with van der Waals surface area (Å²) in [5.74, 6) is 0.891. The second kappa shape index (κ2) is 6.45. The molecule has 112 valence electrons. The molecule has 2 heterocycles. The largest absolute Gasteiger partial charge is 0.497 e. The molecular weight excluding hydrogens is 284 g/mol. The maximum absolute atomic E-state index is 5.40. The Morgan fingerprint density at radius 1 is 1.24 bits per heavy atom. The van der Waals surface area contributed by atoms with Crippen molar-refractivity contribution in [1.29, 1.82) is 0 Å². The van der Waals surface area contributed by atoms with Gasteiger partial charge in [0.1, 0.15) is 5.75 Å². The smallest absolute Gasteiger partial charge is 0.185 e. The predicted molar refractivity (Wildman–Crippen MR) is 85.7 cm³/mol. The Morgan fingerprint density at radius 2 is 1.95 bits per heavy atom. The molecule has 0 unspecified atom stereocenters. The highest BCUT2D eigenvalue weighted by atomic mass is 32.1. The highest BCUT2D eigenvalue weighted by Crippen LogP contribution is 2.28. The van der Waals surface area contributed by atoms with E-state index >= 15 is 0 Å². The third-order valence-electron chi connectivity index (χ3n) is 3.69. The van der Waals surface area contributed by atoms with Gasteiger partial charge < -0.3 is 14.4 Å². The molecule has 2 aromatic rings. The molecule has 1 saturated heterocycles. The number of nitrogens with zero attached hydrogens (tertiary/aromatic N) is 2. The topological polar surface area (TPSA) is 34.6 Å². The van der Waals surface area contributed by atoms with Crippen molar-refractivity contribution in [3.8, 4) is 5.75 Å². The number of morpholine rings is 1. The zero-order valence-electron chi connectivity index (χ0n) is 12.5. The summed E-state index contributed by atoms with van der Waals surface area (Å²) in [5, 5.41) is 1.12. The summed E-state index contributed by atoms with van der Waals surface area (Å²) in [6.07, 6.45) is 0.872. The Hall–Kier alpha value is -1.59. The quantitative estimate of drug-likeness (QED) is 0.870. The average Bonchev–Trinajstić information content (AvgIpc) is 2.90. The van der Waals surface area contributed by atoms with E-state index in [0.717, 1.165) is 43.6 Å². The number of rotatable bonds is 4. The molecule has 1 aromatic heterocycles. The molecule has 0 radical (unpaired) electrons. The van der Waals surface area contributed by atoms with Gasteiger partial charge in [-0.25, -0.2) is 4.98 Å². The molecule has 1 aliphatic heterocycles. The van der Waals surface area contributed by atoms with E-state index in [1.165, 1.54) is 16.1 Å². The van der Waals surface area contributed by atoms with Gasteiger partial charge >= 0.3 is 0 Å². The Labute approximate surface area is 129 Å². The number of anilines is 1. The normalized spacial score (nSPS) is 15.2. The Morgan fingerprint density at radius 3 is 2.62 bits per heavy atom. The van der Waals surface area contributed by atoms with Gasteiger partial charge in [-0.05, 0) is 24.6 Å². The first-order valence-corrected chi connectivity index (χ1v) is 8.00. The molecule has 0 atom stereocenters. The summed E-state index contributed by atoms with van der Waals surface area (Å²) in [7, 11) is 1.69. The number of methoxy groups -OCH3 is 1. The molecule has 0 amide bonds. The molecule has 0 aliphatic carbocycles. The fourth-order valence-corrected chi connectivity index (χ4v) is 3.38. The summed E-state index contributed by atoms with van der Waals surface area (Å²) in [5.41, 5.74) is 2.43. The Kier molecular flexibility index (Phi) is 4.41. The molecule has 0 bridgehead atoms. The lowest BCUT2D eigenvalue weighted by Gasteiger charge is -2.26. The van der Waals surface area contributed by atoms with Gasteiger partial charge in [0.2, 0.25) is 0 Å². The lowest BCUT2D eigenvalue weighted by atomic mass is 10.1. The molecule has 3 rings (SSSR count). The summed E-state index contributed by atoms with van der Waals surface area (Å²) in [4.78, 5) is 8.45. The van der Waals surface area contributed by atoms with Crippen molar-refractivity contribution < 1.29 is 9.47 Å². The van der Waals surface area contributed by atoms with Crippen molar-refractivity contribution in [3.63, 3.8) is 0 Å². The van der Waals surface area contributed by atoms with E-state index in [1.807, 2.05) is 12.1 Å². The van der Waals surface area contributed by atoms with Gasteiger partial charge in [-0.15, -0.1) is 11.3 Å². The van der Waals surface area contributed by atoms with Crippen molar-refractivity contribution >= 4 is 16.5 Å². The van der Waals surface area contributed by atoms with Gasteiger partial charge in [0.15, 0.2) is 5.13 Å². The standard InChI is InChI=1S/C16H20N2O2S/c1-12-15(11-13-3-5-14(19-2)6-4-13)17-16(21-12)18-7-9-20-10-8-18/h3-6H,7-11H2,1-2H3. The molecule has 0 saturated carbocycles. The van der Waals surface area contributed by atoms with E-state index in [0.29, 0.717) is 0 Å². The van der Waals surface area contributed by atoms with Crippen molar-refractivity contribution in [3.05, 3.63) is 40.4 Å². The van der Waals surface area contributed by atoms with Crippen molar-refractivity contribution in [2.24, 2.45) is 0 Å². The van der Waals surface area contributed by atoms with Crippen LogP contribution in [0.2, 0.25) is 0 Å². The van der Waals surface area contributed by atoms with Gasteiger partial charge in [-0.3, -0.25) is 0 Å². The number of benzene rings is 1. The number of aromatic nitrogens is 1. The SMILES string of the molecule is COc1ccc(Cc2nc(N3CCOCC3)sc2C)cc1. The lowest BCUT2D eigenvalue weighted by Crippen LogP contribution is -2.36. The minimum absolute atomic E-state index is 0.798. The van der Waals surface area contributed by atoms with E-state index in [9.17, 15) is 0 Å². The van der Waals surface area contributed by atoms with Gasteiger partial charge in [-0.2, -0.15) is 0 Å². The van der Waals surface area contributed by atoms with E-state index in [4.69, 9.17) is 14.5 Å². The van der Waals surface area contributed by atoms with Gasteiger partial charge in [0, 0.05) is 24.4 Å². The number of thiazole rings is 1. The van der Waals surface area contributed by atoms with Crippen LogP contribution in [0.15, 0.2) is 24.3 Å². The van der Waals surface area contributed by atoms with E-state index in [-0.39, 0.29) is 0 Å². The predicted octanol–water partition coefficient (Wildman–Crippen LogP) is 2.89. The molecule has 1 aromatic carbocycles. The zero-order valence-corrected chi connectivity index (χ0v) is 13.3. The van der Waals surface area contributed by atoms with Gasteiger partial charge in [-0.1, -0.05) is 12.1 Å². The molecule has 0 N–H and O–H groups in total. The lowest BCUT2D eigenvalue weighted by molar-refractivity contribution is 0.122. The highest BCUT2D eigenvalue weighted by molar-refractivity contribution is 7.15. The summed E-state index contributed by atoms with van der Waals surface area (Å²) in [6, 6.07) is 8.21. The first kappa shape index (κ1) is 14.4. The van der Waals surface area contributed by atoms with Gasteiger partial charge in [0.05, 0.1) is 26.0 Å². The first-order chi connectivity index (χ1) is 10.3. The minimum atomic E-state index is 0.798. The van der Waals surface area contributed by atoms with Gasteiger partial charge in [0.25, 0.3) is 0 Å². The maximum Gasteiger partial charge on any atom is 0.185 e. The molecule has 5 heteroatoms. The molecular formula is C16H20N2O2S. The Balaban J connectivity index is 1.74. The number of hydrogen-bond acceptors (Lipinski definition) is 5. The van der Waals surface area contributed by atoms with Crippen LogP contribution in [0.4, 0.5) is 5.13 Å². The Bertz CT molecular complexity index is 589. The average molecular weight is 304 g/mol. The first-order valence-electron chi connectivity index (χ1n) is 7.18. The van der Waals surface area contributed by atoms with Crippen LogP contribution in [0.5, 0.6) is 5.75 Å². The van der Waals surface area contributed by atoms with Crippen LogP contribution >= 0.6 is 11.3 Å². The summed E-state index contributed by atoms with van der Waals surface area (Å²) < 4.78 is 10.6. The maximum atomic E-state index is 5.40. The second-order valence-corrected chi connectivity index (χ2v) is 6.31. The fraction of sp³-hybridized carbons (Fsp3) is 0.438. The second-order valence-electron chi connectivity index (χ2n) is 5.12. The summed E-state index contributed by atoms with van der Waals surface area (Å²) >= 11 is 1.78. The fourth-order valence-electron chi connectivity index (χ4n) is 2.40. The number of aryl methyl sites for hydroxylation is 1. The van der Waals surface area contributed by atoms with Crippen LogP contribution in [0.3, 0.4) is 0 Å². The van der Waals surface area contributed by atoms with Crippen molar-refractivity contribution in [2.45, 2.75) is 13.3 Å². The molecule has 4 nitrogen and oxygen atoms in total.